The van der Waals surface area contributed by atoms with Gasteiger partial charge in [0, 0.05) is 17.1 Å². The van der Waals surface area contributed by atoms with E-state index in [0.29, 0.717) is 22.3 Å². The zero-order valence-corrected chi connectivity index (χ0v) is 16.3. The number of amides is 1. The van der Waals surface area contributed by atoms with Gasteiger partial charge in [0.15, 0.2) is 11.5 Å². The SMILES string of the molecule is O=C(CSc1ccc(-c2ccc3c(c2)OCO3)nn1)NCc1ccccc1Cl. The lowest BCUT2D eigenvalue weighted by Gasteiger charge is -2.07. The molecule has 1 aliphatic heterocycles. The van der Waals surface area contributed by atoms with Crippen molar-refractivity contribution in [3.05, 3.63) is 65.2 Å². The number of aromatic nitrogens is 2. The summed E-state index contributed by atoms with van der Waals surface area (Å²) in [7, 11) is 0. The number of fused-ring (bicyclic) bond motifs is 1. The van der Waals surface area contributed by atoms with E-state index in [4.69, 9.17) is 21.1 Å². The molecule has 2 heterocycles. The summed E-state index contributed by atoms with van der Waals surface area (Å²) in [5, 5.41) is 12.6. The Bertz CT molecular complexity index is 998. The van der Waals surface area contributed by atoms with E-state index in [9.17, 15) is 4.79 Å². The molecular formula is C20H16ClN3O3S. The summed E-state index contributed by atoms with van der Waals surface area (Å²) in [4.78, 5) is 12.0. The maximum atomic E-state index is 12.0. The van der Waals surface area contributed by atoms with Gasteiger partial charge in [-0.15, -0.1) is 10.2 Å². The maximum absolute atomic E-state index is 12.0. The van der Waals surface area contributed by atoms with Crippen molar-refractivity contribution in [1.29, 1.82) is 0 Å². The van der Waals surface area contributed by atoms with Crippen LogP contribution >= 0.6 is 23.4 Å². The molecular weight excluding hydrogens is 398 g/mol. The second-order valence-electron chi connectivity index (χ2n) is 5.98. The van der Waals surface area contributed by atoms with E-state index in [1.54, 1.807) is 6.07 Å². The van der Waals surface area contributed by atoms with Crippen LogP contribution in [-0.4, -0.2) is 28.7 Å². The number of carbonyl (C=O) groups is 1. The molecule has 0 radical (unpaired) electrons. The molecule has 1 aromatic heterocycles. The van der Waals surface area contributed by atoms with Gasteiger partial charge in [0.1, 0.15) is 5.03 Å². The first kappa shape index (κ1) is 18.6. The molecule has 28 heavy (non-hydrogen) atoms. The highest BCUT2D eigenvalue weighted by Gasteiger charge is 2.14. The highest BCUT2D eigenvalue weighted by molar-refractivity contribution is 7.99. The van der Waals surface area contributed by atoms with Gasteiger partial charge in [0.05, 0.1) is 11.4 Å². The number of nitrogens with one attached hydrogen (secondary N) is 1. The molecule has 3 aromatic rings. The summed E-state index contributed by atoms with van der Waals surface area (Å²) in [5.41, 5.74) is 2.51. The topological polar surface area (TPSA) is 73.3 Å². The van der Waals surface area contributed by atoms with Gasteiger partial charge in [-0.25, -0.2) is 0 Å². The van der Waals surface area contributed by atoms with Crippen molar-refractivity contribution < 1.29 is 14.3 Å². The number of benzene rings is 2. The molecule has 0 unspecified atom stereocenters. The Morgan fingerprint density at radius 2 is 1.93 bits per heavy atom. The highest BCUT2D eigenvalue weighted by Crippen LogP contribution is 2.35. The highest BCUT2D eigenvalue weighted by atomic mass is 35.5. The summed E-state index contributed by atoms with van der Waals surface area (Å²) in [5.74, 6) is 1.59. The van der Waals surface area contributed by atoms with Crippen molar-refractivity contribution in [3.8, 4) is 22.8 Å². The standard InChI is InChI=1S/C20H16ClN3O3S/c21-15-4-2-1-3-14(15)10-22-19(25)11-28-20-8-6-16(23-24-20)13-5-7-17-18(9-13)27-12-26-17/h1-9H,10-12H2,(H,22,25). The zero-order valence-electron chi connectivity index (χ0n) is 14.7. The van der Waals surface area contributed by atoms with Crippen molar-refractivity contribution in [2.24, 2.45) is 0 Å². The molecule has 2 aromatic carbocycles. The van der Waals surface area contributed by atoms with Crippen molar-refractivity contribution >= 4 is 29.3 Å². The fourth-order valence-electron chi connectivity index (χ4n) is 2.63. The van der Waals surface area contributed by atoms with Crippen LogP contribution in [0.5, 0.6) is 11.5 Å². The molecule has 4 rings (SSSR count). The largest absolute Gasteiger partial charge is 0.454 e. The first-order chi connectivity index (χ1) is 13.7. The number of hydrogen-bond acceptors (Lipinski definition) is 6. The van der Waals surface area contributed by atoms with Crippen LogP contribution < -0.4 is 14.8 Å². The third-order valence-electron chi connectivity index (χ3n) is 4.09. The fourth-order valence-corrected chi connectivity index (χ4v) is 3.48. The second-order valence-corrected chi connectivity index (χ2v) is 7.38. The van der Waals surface area contributed by atoms with Gasteiger partial charge in [0.25, 0.3) is 0 Å². The van der Waals surface area contributed by atoms with E-state index in [2.05, 4.69) is 15.5 Å². The Morgan fingerprint density at radius 3 is 2.75 bits per heavy atom. The minimum absolute atomic E-state index is 0.0911. The van der Waals surface area contributed by atoms with E-state index in [0.717, 1.165) is 22.6 Å². The van der Waals surface area contributed by atoms with Gasteiger partial charge in [-0.1, -0.05) is 41.6 Å². The summed E-state index contributed by atoms with van der Waals surface area (Å²) < 4.78 is 10.7. The minimum Gasteiger partial charge on any atom is -0.454 e. The van der Waals surface area contributed by atoms with Gasteiger partial charge in [0.2, 0.25) is 12.7 Å². The Hall–Kier alpha value is -2.77. The predicted molar refractivity (Wildman–Crippen MR) is 108 cm³/mol. The van der Waals surface area contributed by atoms with Gasteiger partial charge in [-0.3, -0.25) is 4.79 Å². The molecule has 0 spiro atoms. The normalized spacial score (nSPS) is 12.0. The zero-order chi connectivity index (χ0) is 19.3. The second kappa shape index (κ2) is 8.50. The molecule has 6 nitrogen and oxygen atoms in total. The molecule has 1 N–H and O–H groups in total. The van der Waals surface area contributed by atoms with Gasteiger partial charge < -0.3 is 14.8 Å². The van der Waals surface area contributed by atoms with Crippen molar-refractivity contribution in [2.75, 3.05) is 12.5 Å². The number of nitrogens with zero attached hydrogens (tertiary/aromatic N) is 2. The van der Waals surface area contributed by atoms with Crippen LogP contribution in [0.3, 0.4) is 0 Å². The number of rotatable bonds is 6. The Kier molecular flexibility index (Phi) is 5.64. The molecule has 0 bridgehead atoms. The van der Waals surface area contributed by atoms with Gasteiger partial charge in [-0.2, -0.15) is 0 Å². The molecule has 0 saturated carbocycles. The third-order valence-corrected chi connectivity index (χ3v) is 5.38. The van der Waals surface area contributed by atoms with Gasteiger partial charge in [-0.05, 0) is 42.0 Å². The Balaban J connectivity index is 1.31. The summed E-state index contributed by atoms with van der Waals surface area (Å²) in [6.07, 6.45) is 0. The lowest BCUT2D eigenvalue weighted by Crippen LogP contribution is -2.24. The van der Waals surface area contributed by atoms with Crippen molar-refractivity contribution in [2.45, 2.75) is 11.6 Å². The molecule has 142 valence electrons. The van der Waals surface area contributed by atoms with Crippen LogP contribution in [0, 0.1) is 0 Å². The molecule has 0 saturated heterocycles. The van der Waals surface area contributed by atoms with Crippen molar-refractivity contribution in [1.82, 2.24) is 15.5 Å². The Morgan fingerprint density at radius 1 is 1.07 bits per heavy atom. The number of hydrogen-bond donors (Lipinski definition) is 1. The van der Waals surface area contributed by atoms with Gasteiger partial charge >= 0.3 is 0 Å². The first-order valence-electron chi connectivity index (χ1n) is 8.56. The molecule has 1 amide bonds. The summed E-state index contributed by atoms with van der Waals surface area (Å²) in [6, 6.07) is 16.8. The van der Waals surface area contributed by atoms with E-state index in [1.807, 2.05) is 48.5 Å². The molecule has 0 atom stereocenters. The summed E-state index contributed by atoms with van der Waals surface area (Å²) >= 11 is 7.42. The van der Waals surface area contributed by atoms with Crippen LogP contribution in [0.25, 0.3) is 11.3 Å². The monoisotopic (exact) mass is 413 g/mol. The molecule has 8 heteroatoms. The number of carbonyl (C=O) groups excluding carboxylic acids is 1. The maximum Gasteiger partial charge on any atom is 0.231 e. The molecule has 0 fully saturated rings. The van der Waals surface area contributed by atoms with Crippen LogP contribution in [0.1, 0.15) is 5.56 Å². The van der Waals surface area contributed by atoms with Crippen LogP contribution in [-0.2, 0) is 11.3 Å². The van der Waals surface area contributed by atoms with E-state index >= 15 is 0 Å². The quantitative estimate of drug-likeness (QED) is 0.617. The van der Waals surface area contributed by atoms with Crippen molar-refractivity contribution in [3.63, 3.8) is 0 Å². The molecule has 1 aliphatic rings. The third kappa shape index (κ3) is 4.37. The van der Waals surface area contributed by atoms with Crippen LogP contribution in [0.2, 0.25) is 5.02 Å². The Labute approximate surface area is 171 Å². The lowest BCUT2D eigenvalue weighted by molar-refractivity contribution is -0.118. The smallest absolute Gasteiger partial charge is 0.231 e. The van der Waals surface area contributed by atoms with E-state index in [1.165, 1.54) is 11.8 Å². The van der Waals surface area contributed by atoms with E-state index in [-0.39, 0.29) is 18.5 Å². The minimum atomic E-state index is -0.0911. The average molecular weight is 414 g/mol. The fraction of sp³-hybridized carbons (Fsp3) is 0.150. The average Bonchev–Trinajstić information content (AvgIpc) is 3.20. The van der Waals surface area contributed by atoms with Crippen LogP contribution in [0.4, 0.5) is 0 Å². The number of thioether (sulfide) groups is 1. The first-order valence-corrected chi connectivity index (χ1v) is 9.92. The van der Waals surface area contributed by atoms with Crippen LogP contribution in [0.15, 0.2) is 59.6 Å². The lowest BCUT2D eigenvalue weighted by atomic mass is 10.1. The molecule has 0 aliphatic carbocycles. The summed E-state index contributed by atoms with van der Waals surface area (Å²) in [6.45, 7) is 0.631. The number of ether oxygens (including phenoxy) is 2. The number of halogens is 1. The predicted octanol–water partition coefficient (Wildman–Crippen LogP) is 3.93. The van der Waals surface area contributed by atoms with E-state index < -0.39 is 0 Å².